The molecule has 0 atom stereocenters. The first kappa shape index (κ1) is 26.2. The fourth-order valence-corrected chi connectivity index (χ4v) is 4.15. The zero-order valence-electron chi connectivity index (χ0n) is 22.0. The van der Waals surface area contributed by atoms with E-state index in [9.17, 15) is 4.79 Å². The van der Waals surface area contributed by atoms with Gasteiger partial charge in [-0.25, -0.2) is 0 Å². The lowest BCUT2D eigenvalue weighted by Crippen LogP contribution is -1.99. The first-order valence-corrected chi connectivity index (χ1v) is 11.8. The van der Waals surface area contributed by atoms with Crippen LogP contribution in [0, 0.1) is 0 Å². The number of rotatable bonds is 11. The van der Waals surface area contributed by atoms with Crippen LogP contribution in [-0.2, 0) is 0 Å². The van der Waals surface area contributed by atoms with Crippen molar-refractivity contribution in [1.82, 2.24) is 4.98 Å². The molecule has 1 heterocycles. The number of nitrogens with one attached hydrogen (secondary N) is 2. The zero-order chi connectivity index (χ0) is 27.1. The third-order valence-corrected chi connectivity index (χ3v) is 5.98. The van der Waals surface area contributed by atoms with Gasteiger partial charge in [0.05, 0.1) is 41.2 Å². The van der Waals surface area contributed by atoms with Gasteiger partial charge in [-0.2, -0.15) is 0 Å². The second-order valence-corrected chi connectivity index (χ2v) is 8.19. The van der Waals surface area contributed by atoms with Gasteiger partial charge in [0, 0.05) is 34.9 Å². The maximum absolute atomic E-state index is 12.8. The Morgan fingerprint density at radius 1 is 0.763 bits per heavy atom. The lowest BCUT2D eigenvalue weighted by Gasteiger charge is -2.14. The SMILES string of the molecule is COc1cc(C=Cc2cc(OC)c(OC)c(OC)c2)cc(N/C=C\C(=O)c2c[nH]c3ccccc23)c1OC. The van der Waals surface area contributed by atoms with E-state index in [-0.39, 0.29) is 5.78 Å². The highest BCUT2D eigenvalue weighted by atomic mass is 16.5. The Morgan fingerprint density at radius 3 is 1.95 bits per heavy atom. The summed E-state index contributed by atoms with van der Waals surface area (Å²) in [7, 11) is 7.86. The van der Waals surface area contributed by atoms with Crippen LogP contribution in [0.25, 0.3) is 23.1 Å². The minimum Gasteiger partial charge on any atom is -0.493 e. The van der Waals surface area contributed by atoms with Gasteiger partial charge in [-0.3, -0.25) is 4.79 Å². The number of carbonyl (C=O) groups is 1. The average molecular weight is 515 g/mol. The number of carbonyl (C=O) groups excluding carboxylic acids is 1. The van der Waals surface area contributed by atoms with Gasteiger partial charge in [-0.15, -0.1) is 0 Å². The van der Waals surface area contributed by atoms with Gasteiger partial charge in [0.15, 0.2) is 28.8 Å². The summed E-state index contributed by atoms with van der Waals surface area (Å²) in [5.74, 6) is 2.58. The molecule has 2 N–H and O–H groups in total. The number of aromatic amines is 1. The van der Waals surface area contributed by atoms with Gasteiger partial charge in [0.2, 0.25) is 5.75 Å². The van der Waals surface area contributed by atoms with E-state index in [1.54, 1.807) is 47.9 Å². The van der Waals surface area contributed by atoms with Crippen LogP contribution in [0.4, 0.5) is 5.69 Å². The highest BCUT2D eigenvalue weighted by molar-refractivity contribution is 6.13. The van der Waals surface area contributed by atoms with Crippen LogP contribution >= 0.6 is 0 Å². The van der Waals surface area contributed by atoms with Crippen molar-refractivity contribution in [1.29, 1.82) is 0 Å². The molecule has 0 aliphatic carbocycles. The van der Waals surface area contributed by atoms with Gasteiger partial charge in [0.1, 0.15) is 0 Å². The first-order chi connectivity index (χ1) is 18.5. The molecule has 8 heteroatoms. The summed E-state index contributed by atoms with van der Waals surface area (Å²) in [6.07, 6.45) is 8.64. The van der Waals surface area contributed by atoms with Crippen LogP contribution in [0.5, 0.6) is 28.7 Å². The van der Waals surface area contributed by atoms with Gasteiger partial charge in [0.25, 0.3) is 0 Å². The number of allylic oxidation sites excluding steroid dienone is 1. The molecule has 1 aromatic heterocycles. The van der Waals surface area contributed by atoms with Crippen LogP contribution in [0.3, 0.4) is 0 Å². The standard InChI is InChI=1S/C30H30N2O6/c1-34-26-15-19(10-11-20-16-27(35-2)30(38-5)28(17-20)36-3)14-24(29(26)37-4)31-13-12-25(33)22-18-32-23-9-7-6-8-21(22)23/h6-18,31-32H,1-5H3/b11-10?,13-12-. The van der Waals surface area contributed by atoms with Crippen LogP contribution in [0.1, 0.15) is 21.5 Å². The van der Waals surface area contributed by atoms with Gasteiger partial charge in [-0.05, 0) is 41.5 Å². The Kier molecular flexibility index (Phi) is 8.23. The van der Waals surface area contributed by atoms with Crippen molar-refractivity contribution < 1.29 is 28.5 Å². The summed E-state index contributed by atoms with van der Waals surface area (Å²) >= 11 is 0. The summed E-state index contributed by atoms with van der Waals surface area (Å²) in [4.78, 5) is 15.9. The van der Waals surface area contributed by atoms with Crippen molar-refractivity contribution in [3.8, 4) is 28.7 Å². The molecule has 196 valence electrons. The van der Waals surface area contributed by atoms with Gasteiger partial charge < -0.3 is 34.0 Å². The van der Waals surface area contributed by atoms with Crippen molar-refractivity contribution in [2.45, 2.75) is 0 Å². The number of hydrogen-bond acceptors (Lipinski definition) is 7. The number of H-pyrrole nitrogens is 1. The molecule has 0 spiro atoms. The molecule has 0 aliphatic heterocycles. The number of ether oxygens (including phenoxy) is 5. The Morgan fingerprint density at radius 2 is 1.34 bits per heavy atom. The summed E-state index contributed by atoms with van der Waals surface area (Å²) in [6.45, 7) is 0. The van der Waals surface area contributed by atoms with Crippen LogP contribution in [0.15, 0.2) is 67.0 Å². The lowest BCUT2D eigenvalue weighted by atomic mass is 10.1. The Hall–Kier alpha value is -4.85. The van der Waals surface area contributed by atoms with E-state index >= 15 is 0 Å². The summed E-state index contributed by atoms with van der Waals surface area (Å²) in [6, 6.07) is 15.2. The van der Waals surface area contributed by atoms with Crippen LogP contribution < -0.4 is 29.0 Å². The molecule has 0 amide bonds. The Balaban J connectivity index is 1.60. The van der Waals surface area contributed by atoms with E-state index < -0.39 is 0 Å². The summed E-state index contributed by atoms with van der Waals surface area (Å²) < 4.78 is 27.4. The highest BCUT2D eigenvalue weighted by Gasteiger charge is 2.14. The molecular formula is C30H30N2O6. The topological polar surface area (TPSA) is 91.0 Å². The van der Waals surface area contributed by atoms with Gasteiger partial charge >= 0.3 is 0 Å². The number of aromatic nitrogens is 1. The second kappa shape index (κ2) is 11.9. The molecule has 0 saturated heterocycles. The third-order valence-electron chi connectivity index (χ3n) is 5.98. The molecule has 0 unspecified atom stereocenters. The molecule has 0 fully saturated rings. The largest absolute Gasteiger partial charge is 0.493 e. The molecule has 4 rings (SSSR count). The van der Waals surface area contributed by atoms with Crippen molar-refractivity contribution in [3.63, 3.8) is 0 Å². The lowest BCUT2D eigenvalue weighted by molar-refractivity contribution is 0.104. The van der Waals surface area contributed by atoms with Crippen LogP contribution in [0.2, 0.25) is 0 Å². The average Bonchev–Trinajstić information content (AvgIpc) is 3.39. The fraction of sp³-hybridized carbons (Fsp3) is 0.167. The Bertz CT molecular complexity index is 1480. The fourth-order valence-electron chi connectivity index (χ4n) is 4.15. The maximum Gasteiger partial charge on any atom is 0.203 e. The predicted molar refractivity (Wildman–Crippen MR) is 150 cm³/mol. The second-order valence-electron chi connectivity index (χ2n) is 8.19. The highest BCUT2D eigenvalue weighted by Crippen LogP contribution is 2.40. The van der Waals surface area contributed by atoms with E-state index in [2.05, 4.69) is 10.3 Å². The maximum atomic E-state index is 12.8. The minimum atomic E-state index is -0.126. The van der Waals surface area contributed by atoms with E-state index in [0.29, 0.717) is 40.0 Å². The molecule has 3 aromatic carbocycles. The molecule has 0 aliphatic rings. The van der Waals surface area contributed by atoms with E-state index in [1.165, 1.54) is 6.08 Å². The molecule has 8 nitrogen and oxygen atoms in total. The normalized spacial score (nSPS) is 11.2. The number of para-hydroxylation sites is 1. The van der Waals surface area contributed by atoms with E-state index in [1.807, 2.05) is 60.7 Å². The molecule has 0 bridgehead atoms. The van der Waals surface area contributed by atoms with Crippen LogP contribution in [-0.4, -0.2) is 46.3 Å². The molecular weight excluding hydrogens is 484 g/mol. The number of hydrogen-bond donors (Lipinski definition) is 2. The van der Waals surface area contributed by atoms with Crippen molar-refractivity contribution in [2.24, 2.45) is 0 Å². The van der Waals surface area contributed by atoms with Crippen molar-refractivity contribution in [3.05, 3.63) is 83.7 Å². The number of methoxy groups -OCH3 is 5. The number of fused-ring (bicyclic) bond motifs is 1. The molecule has 4 aromatic rings. The first-order valence-electron chi connectivity index (χ1n) is 11.8. The zero-order valence-corrected chi connectivity index (χ0v) is 22.0. The van der Waals surface area contributed by atoms with Gasteiger partial charge in [-0.1, -0.05) is 30.4 Å². The number of ketones is 1. The predicted octanol–water partition coefficient (Wildman–Crippen LogP) is 6.19. The monoisotopic (exact) mass is 514 g/mol. The molecule has 38 heavy (non-hydrogen) atoms. The van der Waals surface area contributed by atoms with Crippen molar-refractivity contribution in [2.75, 3.05) is 40.9 Å². The molecule has 0 saturated carbocycles. The summed E-state index contributed by atoms with van der Waals surface area (Å²) in [5.41, 5.74) is 3.85. The quantitative estimate of drug-likeness (QED) is 0.140. The van der Waals surface area contributed by atoms with E-state index in [4.69, 9.17) is 23.7 Å². The minimum absolute atomic E-state index is 0.126. The number of benzene rings is 3. The Labute approximate surface area is 221 Å². The smallest absolute Gasteiger partial charge is 0.203 e. The summed E-state index contributed by atoms with van der Waals surface area (Å²) in [5, 5.41) is 4.04. The molecule has 0 radical (unpaired) electrons. The van der Waals surface area contributed by atoms with Crippen molar-refractivity contribution >= 4 is 34.5 Å². The third kappa shape index (κ3) is 5.44. The number of anilines is 1. The van der Waals surface area contributed by atoms with E-state index in [0.717, 1.165) is 22.0 Å².